The zero-order chi connectivity index (χ0) is 16.8. The molecule has 2 aromatic carbocycles. The van der Waals surface area contributed by atoms with Crippen LogP contribution in [-0.4, -0.2) is 23.8 Å². The number of halogens is 1. The molecule has 1 aliphatic heterocycles. The van der Waals surface area contributed by atoms with Crippen molar-refractivity contribution in [3.8, 4) is 22.9 Å². The first kappa shape index (κ1) is 15.0. The molecule has 0 spiro atoms. The highest BCUT2D eigenvalue weighted by atomic mass is 35.5. The second-order valence-corrected chi connectivity index (χ2v) is 6.10. The van der Waals surface area contributed by atoms with Crippen LogP contribution in [0.3, 0.4) is 0 Å². The number of hydrogen-bond acceptors (Lipinski definition) is 4. The van der Waals surface area contributed by atoms with E-state index in [1.807, 2.05) is 12.1 Å². The maximum Gasteiger partial charge on any atom is 0.261 e. The van der Waals surface area contributed by atoms with Gasteiger partial charge in [0.25, 0.3) is 5.56 Å². The van der Waals surface area contributed by atoms with Crippen molar-refractivity contribution in [3.05, 3.63) is 51.3 Å². The van der Waals surface area contributed by atoms with Crippen LogP contribution in [-0.2, 0) is 13.0 Å². The van der Waals surface area contributed by atoms with Crippen molar-refractivity contribution < 1.29 is 9.47 Å². The molecule has 0 amide bonds. The van der Waals surface area contributed by atoms with Gasteiger partial charge in [-0.3, -0.25) is 9.36 Å². The molecule has 122 valence electrons. The van der Waals surface area contributed by atoms with Crippen molar-refractivity contribution in [2.75, 3.05) is 14.2 Å². The lowest BCUT2D eigenvalue weighted by Crippen LogP contribution is -2.27. The van der Waals surface area contributed by atoms with Crippen LogP contribution >= 0.6 is 11.6 Å². The van der Waals surface area contributed by atoms with E-state index in [2.05, 4.69) is 0 Å². The maximum absolute atomic E-state index is 12.8. The molecule has 0 aliphatic carbocycles. The average Bonchev–Trinajstić information content (AvgIpc) is 2.61. The third kappa shape index (κ3) is 2.16. The minimum Gasteiger partial charge on any atom is -0.493 e. The number of rotatable bonds is 2. The summed E-state index contributed by atoms with van der Waals surface area (Å²) >= 11 is 6.02. The summed E-state index contributed by atoms with van der Waals surface area (Å²) in [6, 6.07) is 9.02. The van der Waals surface area contributed by atoms with E-state index >= 15 is 0 Å². The molecule has 1 aliphatic rings. The van der Waals surface area contributed by atoms with Crippen LogP contribution in [0.2, 0.25) is 5.02 Å². The Morgan fingerprint density at radius 2 is 1.88 bits per heavy atom. The molecule has 0 radical (unpaired) electrons. The van der Waals surface area contributed by atoms with E-state index in [0.29, 0.717) is 39.8 Å². The summed E-state index contributed by atoms with van der Waals surface area (Å²) in [6.07, 6.45) is 0.732. The lowest BCUT2D eigenvalue weighted by atomic mass is 9.99. The molecule has 0 fully saturated rings. The molecular weight excluding hydrogens is 328 g/mol. The lowest BCUT2D eigenvalue weighted by molar-refractivity contribution is 0.354. The van der Waals surface area contributed by atoms with E-state index in [9.17, 15) is 4.79 Å². The minimum atomic E-state index is -0.0714. The van der Waals surface area contributed by atoms with E-state index in [1.54, 1.807) is 37.0 Å². The van der Waals surface area contributed by atoms with E-state index < -0.39 is 0 Å². The van der Waals surface area contributed by atoms with Crippen LogP contribution in [0, 0.1) is 0 Å². The summed E-state index contributed by atoms with van der Waals surface area (Å²) < 4.78 is 12.5. The molecule has 0 saturated carbocycles. The van der Waals surface area contributed by atoms with Crippen molar-refractivity contribution in [1.82, 2.24) is 9.55 Å². The fourth-order valence-electron chi connectivity index (χ4n) is 3.17. The van der Waals surface area contributed by atoms with Gasteiger partial charge in [-0.2, -0.15) is 0 Å². The molecule has 0 atom stereocenters. The number of fused-ring (bicyclic) bond motifs is 4. The molecule has 0 bridgehead atoms. The Bertz CT molecular complexity index is 1030. The predicted molar refractivity (Wildman–Crippen MR) is 93.3 cm³/mol. The fourth-order valence-corrected chi connectivity index (χ4v) is 3.35. The van der Waals surface area contributed by atoms with Gasteiger partial charge in [0.15, 0.2) is 11.5 Å². The number of hydrogen-bond donors (Lipinski definition) is 0. The van der Waals surface area contributed by atoms with Crippen molar-refractivity contribution in [1.29, 1.82) is 0 Å². The van der Waals surface area contributed by atoms with Crippen LogP contribution in [0.5, 0.6) is 11.5 Å². The van der Waals surface area contributed by atoms with E-state index in [-0.39, 0.29) is 5.56 Å². The highest BCUT2D eigenvalue weighted by Crippen LogP contribution is 2.37. The summed E-state index contributed by atoms with van der Waals surface area (Å²) in [6.45, 7) is 0.575. The Morgan fingerprint density at radius 1 is 1.12 bits per heavy atom. The smallest absolute Gasteiger partial charge is 0.261 e. The highest BCUT2D eigenvalue weighted by Gasteiger charge is 2.22. The van der Waals surface area contributed by atoms with Crippen molar-refractivity contribution >= 4 is 22.5 Å². The minimum absolute atomic E-state index is 0.0714. The lowest BCUT2D eigenvalue weighted by Gasteiger charge is -2.23. The van der Waals surface area contributed by atoms with Gasteiger partial charge in [-0.05, 0) is 42.3 Å². The van der Waals surface area contributed by atoms with Crippen molar-refractivity contribution in [2.45, 2.75) is 13.0 Å². The molecule has 0 N–H and O–H groups in total. The number of ether oxygens (including phenoxy) is 2. The number of aromatic nitrogens is 2. The average molecular weight is 343 g/mol. The van der Waals surface area contributed by atoms with E-state index in [0.717, 1.165) is 17.5 Å². The number of nitrogens with zero attached hydrogens (tertiary/aromatic N) is 2. The molecule has 3 aromatic rings. The van der Waals surface area contributed by atoms with Crippen LogP contribution in [0.4, 0.5) is 0 Å². The highest BCUT2D eigenvalue weighted by molar-refractivity contribution is 6.31. The Kier molecular flexibility index (Phi) is 3.46. The second kappa shape index (κ2) is 5.53. The normalized spacial score (nSPS) is 12.6. The van der Waals surface area contributed by atoms with Gasteiger partial charge < -0.3 is 9.47 Å². The second-order valence-electron chi connectivity index (χ2n) is 5.67. The van der Waals surface area contributed by atoms with Crippen LogP contribution in [0.1, 0.15) is 5.56 Å². The summed E-state index contributed by atoms with van der Waals surface area (Å²) in [7, 11) is 3.21. The summed E-state index contributed by atoms with van der Waals surface area (Å²) in [5.41, 5.74) is 2.55. The zero-order valence-electron chi connectivity index (χ0n) is 13.3. The van der Waals surface area contributed by atoms with Gasteiger partial charge >= 0.3 is 0 Å². The molecule has 5 nitrogen and oxygen atoms in total. The summed E-state index contributed by atoms with van der Waals surface area (Å²) in [5.74, 6) is 1.95. The topological polar surface area (TPSA) is 53.4 Å². The third-order valence-corrected chi connectivity index (χ3v) is 4.61. The molecule has 1 aromatic heterocycles. The molecular formula is C18H15ClN2O3. The first-order chi connectivity index (χ1) is 11.6. The largest absolute Gasteiger partial charge is 0.493 e. The quantitative estimate of drug-likeness (QED) is 0.717. The van der Waals surface area contributed by atoms with Crippen molar-refractivity contribution in [3.63, 3.8) is 0 Å². The number of aryl methyl sites for hydroxylation is 1. The summed E-state index contributed by atoms with van der Waals surface area (Å²) in [4.78, 5) is 17.5. The van der Waals surface area contributed by atoms with Gasteiger partial charge in [-0.1, -0.05) is 11.6 Å². The van der Waals surface area contributed by atoms with Gasteiger partial charge in [0, 0.05) is 17.1 Å². The molecule has 0 saturated heterocycles. The standard InChI is InChI=1S/C18H15ClN2O3/c1-23-15-7-10-5-6-21-17(12(10)9-16(15)24-2)20-14-4-3-11(19)8-13(14)18(21)22/h3-4,7-9H,5-6H2,1-2H3. The first-order valence-corrected chi connectivity index (χ1v) is 7.95. The number of methoxy groups -OCH3 is 2. The third-order valence-electron chi connectivity index (χ3n) is 4.37. The van der Waals surface area contributed by atoms with Crippen LogP contribution in [0.15, 0.2) is 35.1 Å². The SMILES string of the molecule is COc1cc2c(cc1OC)-c1nc3ccc(Cl)cc3c(=O)n1CC2. The Labute approximate surface area is 143 Å². The Balaban J connectivity index is 2.03. The zero-order valence-corrected chi connectivity index (χ0v) is 14.1. The van der Waals surface area contributed by atoms with Gasteiger partial charge in [0.05, 0.1) is 25.1 Å². The van der Waals surface area contributed by atoms with Gasteiger partial charge in [-0.25, -0.2) is 4.98 Å². The Hall–Kier alpha value is -2.53. The Morgan fingerprint density at radius 3 is 2.62 bits per heavy atom. The van der Waals surface area contributed by atoms with Crippen molar-refractivity contribution in [2.24, 2.45) is 0 Å². The molecule has 0 unspecified atom stereocenters. The van der Waals surface area contributed by atoms with Gasteiger partial charge in [0.2, 0.25) is 0 Å². The van der Waals surface area contributed by atoms with E-state index in [1.165, 1.54) is 0 Å². The molecule has 6 heteroatoms. The summed E-state index contributed by atoms with van der Waals surface area (Å²) in [5, 5.41) is 1.07. The van der Waals surface area contributed by atoms with Gasteiger partial charge in [-0.15, -0.1) is 0 Å². The van der Waals surface area contributed by atoms with Crippen LogP contribution in [0.25, 0.3) is 22.3 Å². The number of benzene rings is 2. The monoisotopic (exact) mass is 342 g/mol. The van der Waals surface area contributed by atoms with E-state index in [4.69, 9.17) is 26.1 Å². The first-order valence-electron chi connectivity index (χ1n) is 7.57. The predicted octanol–water partition coefficient (Wildman–Crippen LogP) is 3.29. The van der Waals surface area contributed by atoms with Gasteiger partial charge in [0.1, 0.15) is 5.82 Å². The maximum atomic E-state index is 12.8. The molecule has 24 heavy (non-hydrogen) atoms. The molecule has 4 rings (SSSR count). The van der Waals surface area contributed by atoms with Crippen LogP contribution < -0.4 is 15.0 Å². The molecule has 2 heterocycles. The fraction of sp³-hybridized carbons (Fsp3) is 0.222.